The van der Waals surface area contributed by atoms with Crippen LogP contribution in [0, 0.1) is 0 Å². The van der Waals surface area contributed by atoms with E-state index in [0.717, 1.165) is 37.9 Å². The highest BCUT2D eigenvalue weighted by Gasteiger charge is 2.20. The molecule has 198 valence electrons. The van der Waals surface area contributed by atoms with Gasteiger partial charge in [0.1, 0.15) is 6.04 Å². The Morgan fingerprint density at radius 2 is 1.58 bits per heavy atom. The van der Waals surface area contributed by atoms with E-state index in [1.54, 1.807) is 6.08 Å². The Labute approximate surface area is 225 Å². The molecule has 3 aromatic rings. The number of hydrogen-bond donors (Lipinski definition) is 3. The van der Waals surface area contributed by atoms with E-state index in [1.807, 2.05) is 72.8 Å². The fourth-order valence-corrected chi connectivity index (χ4v) is 4.13. The van der Waals surface area contributed by atoms with Crippen molar-refractivity contribution >= 4 is 23.3 Å². The summed E-state index contributed by atoms with van der Waals surface area (Å²) in [5, 5.41) is 16.3. The van der Waals surface area contributed by atoms with E-state index >= 15 is 0 Å². The van der Waals surface area contributed by atoms with Crippen LogP contribution >= 0.6 is 0 Å². The van der Waals surface area contributed by atoms with Crippen LogP contribution in [0.4, 0.5) is 5.69 Å². The number of unbranched alkanes of at least 4 members (excludes halogenated alkanes) is 2. The summed E-state index contributed by atoms with van der Waals surface area (Å²) in [4.78, 5) is 29.5. The van der Waals surface area contributed by atoms with Crippen molar-refractivity contribution in [2.24, 2.45) is 4.99 Å². The van der Waals surface area contributed by atoms with Gasteiger partial charge in [-0.25, -0.2) is 4.79 Å². The Morgan fingerprint density at radius 3 is 2.29 bits per heavy atom. The maximum atomic E-state index is 12.8. The largest absolute Gasteiger partial charge is 0.480 e. The number of hydrogen-bond acceptors (Lipinski definition) is 4. The predicted octanol–water partition coefficient (Wildman–Crippen LogP) is 6.23. The molecule has 0 saturated heterocycles. The van der Waals surface area contributed by atoms with Gasteiger partial charge in [-0.3, -0.25) is 9.79 Å². The number of anilines is 1. The molecule has 3 aromatic carbocycles. The molecule has 0 aliphatic heterocycles. The molecule has 0 aliphatic rings. The van der Waals surface area contributed by atoms with Crippen LogP contribution in [0.15, 0.2) is 103 Å². The first kappa shape index (κ1) is 28.5. The number of allylic oxidation sites excluding steroid dienone is 1. The summed E-state index contributed by atoms with van der Waals surface area (Å²) in [5.41, 5.74) is 3.92. The minimum Gasteiger partial charge on any atom is -0.480 e. The van der Waals surface area contributed by atoms with E-state index in [4.69, 9.17) is 4.99 Å². The number of carbonyl (C=O) groups is 2. The number of carboxylic acid groups (broad SMARTS) is 1. The van der Waals surface area contributed by atoms with E-state index in [2.05, 4.69) is 29.3 Å². The molecule has 3 rings (SSSR count). The SMILES string of the molecule is C=CCCC[C@H](N=C(c1ccccc1)c1ccccc1NC(=O)CCCCNCc1ccccc1)C(=O)O. The van der Waals surface area contributed by atoms with Crippen LogP contribution in [-0.2, 0) is 16.1 Å². The maximum Gasteiger partial charge on any atom is 0.328 e. The predicted molar refractivity (Wildman–Crippen MR) is 155 cm³/mol. The zero-order chi connectivity index (χ0) is 27.0. The van der Waals surface area contributed by atoms with Crippen molar-refractivity contribution in [2.75, 3.05) is 11.9 Å². The third-order valence-electron chi connectivity index (χ3n) is 6.14. The number of benzene rings is 3. The summed E-state index contributed by atoms with van der Waals surface area (Å²) in [6.07, 6.45) is 5.66. The van der Waals surface area contributed by atoms with Crippen molar-refractivity contribution < 1.29 is 14.7 Å². The zero-order valence-corrected chi connectivity index (χ0v) is 21.8. The number of carboxylic acids is 1. The Morgan fingerprint density at radius 1 is 0.895 bits per heavy atom. The van der Waals surface area contributed by atoms with Crippen molar-refractivity contribution in [3.63, 3.8) is 0 Å². The zero-order valence-electron chi connectivity index (χ0n) is 21.8. The van der Waals surface area contributed by atoms with Crippen LogP contribution in [0.2, 0.25) is 0 Å². The van der Waals surface area contributed by atoms with Crippen LogP contribution in [0.5, 0.6) is 0 Å². The van der Waals surface area contributed by atoms with Gasteiger partial charge in [0, 0.05) is 24.1 Å². The second-order valence-electron chi connectivity index (χ2n) is 9.13. The number of nitrogens with zero attached hydrogens (tertiary/aromatic N) is 1. The van der Waals surface area contributed by atoms with Gasteiger partial charge < -0.3 is 15.7 Å². The van der Waals surface area contributed by atoms with E-state index in [1.165, 1.54) is 5.56 Å². The molecule has 0 spiro atoms. The van der Waals surface area contributed by atoms with Crippen LogP contribution in [0.3, 0.4) is 0 Å². The lowest BCUT2D eigenvalue weighted by Crippen LogP contribution is -2.22. The molecule has 38 heavy (non-hydrogen) atoms. The van der Waals surface area contributed by atoms with Crippen LogP contribution in [0.25, 0.3) is 0 Å². The molecule has 0 aliphatic carbocycles. The maximum absolute atomic E-state index is 12.8. The Balaban J connectivity index is 1.67. The number of rotatable bonds is 16. The summed E-state index contributed by atoms with van der Waals surface area (Å²) in [6.45, 7) is 5.37. The van der Waals surface area contributed by atoms with Crippen molar-refractivity contribution in [2.45, 2.75) is 51.1 Å². The molecule has 6 heteroatoms. The summed E-state index contributed by atoms with van der Waals surface area (Å²) in [5.74, 6) is -1.04. The van der Waals surface area contributed by atoms with E-state index in [0.29, 0.717) is 36.2 Å². The average molecular weight is 512 g/mol. The third kappa shape index (κ3) is 9.45. The van der Waals surface area contributed by atoms with Gasteiger partial charge in [0.05, 0.1) is 11.4 Å². The van der Waals surface area contributed by atoms with Gasteiger partial charge in [0.25, 0.3) is 0 Å². The second kappa shape index (κ2) is 15.9. The molecule has 0 radical (unpaired) electrons. The van der Waals surface area contributed by atoms with Gasteiger partial charge >= 0.3 is 5.97 Å². The quantitative estimate of drug-likeness (QED) is 0.121. The molecule has 0 bridgehead atoms. The lowest BCUT2D eigenvalue weighted by molar-refractivity contribution is -0.138. The molecule has 0 fully saturated rings. The number of aliphatic imine (C=N–C) groups is 1. The summed E-state index contributed by atoms with van der Waals surface area (Å²) >= 11 is 0. The number of nitrogens with one attached hydrogen (secondary N) is 2. The lowest BCUT2D eigenvalue weighted by Gasteiger charge is -2.16. The highest BCUT2D eigenvalue weighted by molar-refractivity contribution is 6.17. The molecule has 6 nitrogen and oxygen atoms in total. The van der Waals surface area contributed by atoms with E-state index in [9.17, 15) is 14.7 Å². The second-order valence-corrected chi connectivity index (χ2v) is 9.13. The van der Waals surface area contributed by atoms with Gasteiger partial charge in [-0.05, 0) is 50.3 Å². The van der Waals surface area contributed by atoms with E-state index in [-0.39, 0.29) is 5.91 Å². The standard InChI is InChI=1S/C32H37N3O3/c1-2-3-6-21-29(32(37)38)35-31(26-17-9-5-10-18-26)27-19-11-12-20-28(27)34-30(36)22-13-14-23-33-24-25-15-7-4-8-16-25/h2,4-5,7-12,15-20,29,33H,1,3,6,13-14,21-24H2,(H,34,36)(H,37,38)/t29-/m0/s1. The molecule has 0 saturated carbocycles. The fourth-order valence-electron chi connectivity index (χ4n) is 4.13. The highest BCUT2D eigenvalue weighted by Crippen LogP contribution is 2.22. The van der Waals surface area contributed by atoms with Gasteiger partial charge in [0.15, 0.2) is 0 Å². The number of aliphatic carboxylic acids is 1. The molecule has 0 heterocycles. The van der Waals surface area contributed by atoms with Crippen LogP contribution in [0.1, 0.15) is 55.2 Å². The van der Waals surface area contributed by atoms with E-state index < -0.39 is 12.0 Å². The molecular weight excluding hydrogens is 474 g/mol. The molecular formula is C32H37N3O3. The first-order chi connectivity index (χ1) is 18.6. The van der Waals surface area contributed by atoms with Gasteiger partial charge in [-0.15, -0.1) is 6.58 Å². The van der Waals surface area contributed by atoms with Crippen LogP contribution < -0.4 is 10.6 Å². The fraction of sp³-hybridized carbons (Fsp3) is 0.281. The van der Waals surface area contributed by atoms with Gasteiger partial charge in [0.2, 0.25) is 5.91 Å². The minimum atomic E-state index is -0.968. The summed E-state index contributed by atoms with van der Waals surface area (Å²) in [7, 11) is 0. The number of amides is 1. The first-order valence-corrected chi connectivity index (χ1v) is 13.2. The summed E-state index contributed by atoms with van der Waals surface area (Å²) < 4.78 is 0. The third-order valence-corrected chi connectivity index (χ3v) is 6.14. The number of para-hydroxylation sites is 1. The van der Waals surface area contributed by atoms with Crippen molar-refractivity contribution in [3.8, 4) is 0 Å². The first-order valence-electron chi connectivity index (χ1n) is 13.2. The average Bonchev–Trinajstić information content (AvgIpc) is 2.94. The highest BCUT2D eigenvalue weighted by atomic mass is 16.4. The molecule has 1 atom stereocenters. The van der Waals surface area contributed by atoms with Crippen molar-refractivity contribution in [1.82, 2.24) is 5.32 Å². The Hall–Kier alpha value is -4.03. The molecule has 0 aromatic heterocycles. The van der Waals surface area contributed by atoms with Crippen LogP contribution in [-0.4, -0.2) is 35.3 Å². The molecule has 1 amide bonds. The van der Waals surface area contributed by atoms with Crippen molar-refractivity contribution in [3.05, 3.63) is 114 Å². The number of carbonyl (C=O) groups excluding carboxylic acids is 1. The topological polar surface area (TPSA) is 90.8 Å². The molecule has 0 unspecified atom stereocenters. The van der Waals surface area contributed by atoms with Gasteiger partial charge in [-0.2, -0.15) is 0 Å². The lowest BCUT2D eigenvalue weighted by atomic mass is 9.99. The smallest absolute Gasteiger partial charge is 0.328 e. The molecule has 3 N–H and O–H groups in total. The Kier molecular flexibility index (Phi) is 12.0. The summed E-state index contributed by atoms with van der Waals surface area (Å²) in [6, 6.07) is 26.3. The minimum absolute atomic E-state index is 0.0753. The normalized spacial score (nSPS) is 12.1. The van der Waals surface area contributed by atoms with Crippen molar-refractivity contribution in [1.29, 1.82) is 0 Å². The Bertz CT molecular complexity index is 1190. The monoisotopic (exact) mass is 511 g/mol. The van der Waals surface area contributed by atoms with Gasteiger partial charge in [-0.1, -0.05) is 84.9 Å².